The van der Waals surface area contributed by atoms with Gasteiger partial charge >= 0.3 is 17.9 Å². The number of ether oxygens (including phenoxy) is 4. The second kappa shape index (κ2) is 13.1. The van der Waals surface area contributed by atoms with Gasteiger partial charge in [-0.05, 0) is 74.2 Å². The summed E-state index contributed by atoms with van der Waals surface area (Å²) in [5.41, 5.74) is -2.52. The monoisotopic (exact) mass is 822 g/mol. The molecule has 0 unspecified atom stereocenters. The summed E-state index contributed by atoms with van der Waals surface area (Å²) in [4.78, 5) is 62.5. The molecule has 0 radical (unpaired) electrons. The van der Waals surface area contributed by atoms with E-state index in [0.717, 1.165) is 29.6 Å². The number of para-hydroxylation sites is 1. The van der Waals surface area contributed by atoms with E-state index in [1.165, 1.54) is 38.7 Å². The maximum Gasteiger partial charge on any atom is 0.344 e. The van der Waals surface area contributed by atoms with Crippen molar-refractivity contribution in [2.75, 3.05) is 52.4 Å². The van der Waals surface area contributed by atoms with Crippen molar-refractivity contribution in [2.24, 2.45) is 11.3 Å². The molecule has 318 valence electrons. The summed E-state index contributed by atoms with van der Waals surface area (Å²) in [6.45, 7) is 7.65. The van der Waals surface area contributed by atoms with Gasteiger partial charge in [0.05, 0.1) is 44.7 Å². The number of aliphatic hydroxyl groups is 2. The Balaban J connectivity index is 1.31. The highest BCUT2D eigenvalue weighted by atomic mass is 16.6. The van der Waals surface area contributed by atoms with Crippen LogP contribution in [0.5, 0.6) is 5.75 Å². The predicted molar refractivity (Wildman–Crippen MR) is 218 cm³/mol. The quantitative estimate of drug-likeness (QED) is 0.148. The second-order valence-electron chi connectivity index (χ2n) is 18.3. The number of fused-ring (bicyclic) bond motifs is 4. The SMILES string of the molecule is CC[C@]1(O)C[C@@H]2C[C@](C(=O)OC)(c3cc4c(cc3OC)N(C=O)[C@H]3[C@@](O)(C(=O)OC)[C@H](OC(C)=O)[C@]5(CC)C=CCN6CC[C@]43[C@@H]65)n3c4c(c5ccccc53)CCN(C1)[C@H]42. The smallest absolute Gasteiger partial charge is 0.344 e. The summed E-state index contributed by atoms with van der Waals surface area (Å²) >= 11 is 0. The first-order valence-corrected chi connectivity index (χ1v) is 21.3. The van der Waals surface area contributed by atoms with Crippen molar-refractivity contribution in [3.8, 4) is 5.75 Å². The maximum atomic E-state index is 15.3. The number of hydrogen-bond acceptors (Lipinski definition) is 12. The van der Waals surface area contributed by atoms with Crippen LogP contribution in [0.1, 0.15) is 81.3 Å². The number of rotatable bonds is 8. The third-order valence-electron chi connectivity index (χ3n) is 16.1. The van der Waals surface area contributed by atoms with Crippen LogP contribution in [0, 0.1) is 11.3 Å². The lowest BCUT2D eigenvalue weighted by Gasteiger charge is -2.63. The number of piperidine rings is 1. The fourth-order valence-corrected chi connectivity index (χ4v) is 14.2. The lowest BCUT2D eigenvalue weighted by Crippen LogP contribution is -2.81. The van der Waals surface area contributed by atoms with Crippen LogP contribution in [0.15, 0.2) is 48.6 Å². The van der Waals surface area contributed by atoms with Gasteiger partial charge in [-0.2, -0.15) is 0 Å². The average molecular weight is 823 g/mol. The molecule has 3 fully saturated rings. The topological polar surface area (TPSA) is 160 Å². The van der Waals surface area contributed by atoms with E-state index in [2.05, 4.69) is 26.5 Å². The summed E-state index contributed by atoms with van der Waals surface area (Å²) in [7, 11) is 4.11. The minimum absolute atomic E-state index is 0.0473. The zero-order valence-electron chi connectivity index (χ0n) is 35.1. The summed E-state index contributed by atoms with van der Waals surface area (Å²) in [5.74, 6) is -2.04. The van der Waals surface area contributed by atoms with Crippen LogP contribution in [0.4, 0.5) is 5.69 Å². The van der Waals surface area contributed by atoms with Gasteiger partial charge in [0.2, 0.25) is 12.0 Å². The van der Waals surface area contributed by atoms with Gasteiger partial charge in [0, 0.05) is 71.7 Å². The molecule has 2 saturated heterocycles. The number of carbonyl (C=O) groups is 4. The van der Waals surface area contributed by atoms with Gasteiger partial charge in [-0.25, -0.2) is 9.59 Å². The summed E-state index contributed by atoms with van der Waals surface area (Å²) in [6.07, 6.45) is 6.05. The van der Waals surface area contributed by atoms with E-state index in [9.17, 15) is 24.6 Å². The average Bonchev–Trinajstić information content (AvgIpc) is 3.91. The second-order valence-corrected chi connectivity index (χ2v) is 18.3. The number of anilines is 1. The zero-order chi connectivity index (χ0) is 42.3. The Hall–Kier alpha value is -4.76. The number of carbonyl (C=O) groups excluding carboxylic acids is 4. The van der Waals surface area contributed by atoms with Crippen molar-refractivity contribution in [2.45, 2.75) is 106 Å². The molecule has 14 heteroatoms. The van der Waals surface area contributed by atoms with Gasteiger partial charge in [-0.1, -0.05) is 44.2 Å². The van der Waals surface area contributed by atoms with Crippen molar-refractivity contribution in [1.82, 2.24) is 14.4 Å². The summed E-state index contributed by atoms with van der Waals surface area (Å²) in [6, 6.07) is 10.1. The number of benzene rings is 2. The molecular weight excluding hydrogens is 769 g/mol. The minimum Gasteiger partial charge on any atom is -0.496 e. The predicted octanol–water partition coefficient (Wildman–Crippen LogP) is 3.50. The van der Waals surface area contributed by atoms with Gasteiger partial charge in [-0.3, -0.25) is 19.4 Å². The maximum absolute atomic E-state index is 15.3. The molecule has 7 aliphatic rings. The zero-order valence-corrected chi connectivity index (χ0v) is 35.1. The Morgan fingerprint density at radius 1 is 0.933 bits per heavy atom. The van der Waals surface area contributed by atoms with Crippen LogP contribution in [0.2, 0.25) is 0 Å². The van der Waals surface area contributed by atoms with Crippen LogP contribution in [-0.4, -0.2) is 126 Å². The number of nitrogens with zero attached hydrogens (tertiary/aromatic N) is 4. The number of esters is 3. The third-order valence-corrected chi connectivity index (χ3v) is 16.1. The lowest BCUT2D eigenvalue weighted by molar-refractivity contribution is -0.228. The van der Waals surface area contributed by atoms with Gasteiger partial charge < -0.3 is 38.6 Å². The largest absolute Gasteiger partial charge is 0.496 e. The normalized spacial score (nSPS) is 37.1. The molecule has 2 aromatic carbocycles. The number of methoxy groups -OCH3 is 3. The summed E-state index contributed by atoms with van der Waals surface area (Å²) < 4.78 is 25.9. The molecule has 7 heterocycles. The first-order chi connectivity index (χ1) is 28.8. The highest BCUT2D eigenvalue weighted by molar-refractivity contribution is 5.96. The molecule has 0 bridgehead atoms. The Labute approximate surface area is 349 Å². The molecule has 2 N–H and O–H groups in total. The van der Waals surface area contributed by atoms with Crippen LogP contribution in [-0.2, 0) is 50.8 Å². The Kier molecular flexibility index (Phi) is 8.61. The molecule has 1 aliphatic carbocycles. The Morgan fingerprint density at radius 3 is 2.38 bits per heavy atom. The van der Waals surface area contributed by atoms with E-state index < -0.39 is 63.7 Å². The standard InChI is InChI=1S/C46H54N4O10/c1-7-42(55)22-27-23-45(40(53)58-5,50-32-13-10-9-12-28(32)29-14-18-48(24-42)35(27)36(29)50)31-20-30-33(21-34(31)57-4)49(25-51)38-44(30)16-19-47-17-11-15-43(8-2,37(44)47)39(60-26(3)52)46(38,56)41(54)59-6/h9-13,15,20-21,25,27,35,37-39,55-56H,7-8,14,16-19,22-24H2,1-6H3/t27-,35+,37+,38-,39-,42+,43-,44-,45-,46+/m1/s1. The van der Waals surface area contributed by atoms with E-state index in [0.29, 0.717) is 74.3 Å². The van der Waals surface area contributed by atoms with Crippen molar-refractivity contribution < 1.29 is 48.3 Å². The fourth-order valence-electron chi connectivity index (χ4n) is 14.2. The lowest BCUT2D eigenvalue weighted by atomic mass is 9.47. The molecule has 14 nitrogen and oxygen atoms in total. The molecule has 1 aromatic heterocycles. The van der Waals surface area contributed by atoms with E-state index >= 15 is 4.79 Å². The molecule has 60 heavy (non-hydrogen) atoms. The van der Waals surface area contributed by atoms with Gasteiger partial charge in [0.15, 0.2) is 11.6 Å². The van der Waals surface area contributed by atoms with Gasteiger partial charge in [-0.15, -0.1) is 0 Å². The van der Waals surface area contributed by atoms with Crippen LogP contribution in [0.3, 0.4) is 0 Å². The Morgan fingerprint density at radius 2 is 1.70 bits per heavy atom. The molecule has 1 spiro atoms. The van der Waals surface area contributed by atoms with E-state index in [-0.39, 0.29) is 18.4 Å². The van der Waals surface area contributed by atoms with Crippen LogP contribution < -0.4 is 9.64 Å². The summed E-state index contributed by atoms with van der Waals surface area (Å²) in [5, 5.41) is 26.4. The highest BCUT2D eigenvalue weighted by Crippen LogP contribution is 2.69. The van der Waals surface area contributed by atoms with E-state index in [4.69, 9.17) is 18.9 Å². The molecule has 6 aliphatic heterocycles. The molecule has 10 atom stereocenters. The highest BCUT2D eigenvalue weighted by Gasteiger charge is 2.81. The van der Waals surface area contributed by atoms with E-state index in [1.54, 1.807) is 6.07 Å². The first-order valence-electron chi connectivity index (χ1n) is 21.3. The number of hydrogen-bond donors (Lipinski definition) is 2. The third kappa shape index (κ3) is 4.52. The minimum atomic E-state index is -2.53. The van der Waals surface area contributed by atoms with Crippen molar-refractivity contribution in [1.29, 1.82) is 0 Å². The molecular formula is C46H54N4O10. The van der Waals surface area contributed by atoms with Crippen molar-refractivity contribution in [3.05, 3.63) is 70.9 Å². The number of aromatic nitrogens is 1. The Bertz CT molecular complexity index is 2400. The number of amides is 1. The molecule has 10 rings (SSSR count). The first kappa shape index (κ1) is 39.4. The van der Waals surface area contributed by atoms with Crippen LogP contribution in [0.25, 0.3) is 10.9 Å². The molecule has 3 aromatic rings. The van der Waals surface area contributed by atoms with Crippen LogP contribution >= 0.6 is 0 Å². The van der Waals surface area contributed by atoms with Gasteiger partial charge in [0.25, 0.3) is 0 Å². The molecule has 1 amide bonds. The fraction of sp³-hybridized carbons (Fsp3) is 0.565. The van der Waals surface area contributed by atoms with Crippen molar-refractivity contribution in [3.63, 3.8) is 0 Å². The van der Waals surface area contributed by atoms with E-state index in [1.807, 2.05) is 44.2 Å². The molecule has 1 saturated carbocycles. The van der Waals surface area contributed by atoms with Gasteiger partial charge in [0.1, 0.15) is 5.75 Å². The van der Waals surface area contributed by atoms with Crippen molar-refractivity contribution >= 4 is 40.9 Å².